The van der Waals surface area contributed by atoms with Gasteiger partial charge in [-0.25, -0.2) is 13.1 Å². The van der Waals surface area contributed by atoms with Gasteiger partial charge >= 0.3 is 0 Å². The first-order chi connectivity index (χ1) is 6.36. The second-order valence-electron chi connectivity index (χ2n) is 6.17. The number of fused-ring (bicyclic) bond motifs is 1. The maximum Gasteiger partial charge on any atom is 0.212 e. The highest BCUT2D eigenvalue weighted by molar-refractivity contribution is 7.89. The molecule has 3 nitrogen and oxygen atoms in total. The molecule has 0 bridgehead atoms. The first-order valence-electron chi connectivity index (χ1n) is 5.36. The van der Waals surface area contributed by atoms with E-state index in [4.69, 9.17) is 0 Å². The maximum atomic E-state index is 11.6. The fraction of sp³-hybridized carbons (Fsp3) is 1.00. The summed E-state index contributed by atoms with van der Waals surface area (Å²) in [5.74, 6) is 1.19. The number of sulfonamides is 1. The molecule has 0 aromatic rings. The van der Waals surface area contributed by atoms with Crippen molar-refractivity contribution in [2.75, 3.05) is 5.75 Å². The van der Waals surface area contributed by atoms with Gasteiger partial charge in [-0.2, -0.15) is 0 Å². The van der Waals surface area contributed by atoms with Gasteiger partial charge in [0.2, 0.25) is 10.0 Å². The molecule has 14 heavy (non-hydrogen) atoms. The van der Waals surface area contributed by atoms with E-state index >= 15 is 0 Å². The third-order valence-electron chi connectivity index (χ3n) is 6.19. The predicted molar refractivity (Wildman–Crippen MR) is 52.1 cm³/mol. The van der Waals surface area contributed by atoms with E-state index in [1.54, 1.807) is 0 Å². The Morgan fingerprint density at radius 3 is 2.71 bits per heavy atom. The average molecular weight is 213 g/mol. The molecule has 0 amide bonds. The molecule has 4 fully saturated rings. The fourth-order valence-corrected chi connectivity index (χ4v) is 7.56. The van der Waals surface area contributed by atoms with Crippen LogP contribution < -0.4 is 4.72 Å². The summed E-state index contributed by atoms with van der Waals surface area (Å²) in [4.78, 5) is 0. The van der Waals surface area contributed by atoms with Crippen LogP contribution in [0, 0.1) is 22.2 Å². The van der Waals surface area contributed by atoms with Crippen molar-refractivity contribution in [3.05, 3.63) is 0 Å². The minimum absolute atomic E-state index is 0.116. The van der Waals surface area contributed by atoms with Crippen molar-refractivity contribution in [1.82, 2.24) is 4.72 Å². The van der Waals surface area contributed by atoms with Crippen molar-refractivity contribution in [1.29, 1.82) is 0 Å². The molecule has 1 aliphatic heterocycles. The molecule has 4 rings (SSSR count). The van der Waals surface area contributed by atoms with Crippen LogP contribution in [0.2, 0.25) is 0 Å². The molecule has 4 aliphatic rings. The Morgan fingerprint density at radius 1 is 1.36 bits per heavy atom. The van der Waals surface area contributed by atoms with Gasteiger partial charge in [0.25, 0.3) is 0 Å². The molecule has 5 atom stereocenters. The molecule has 1 N–H and O–H groups in total. The van der Waals surface area contributed by atoms with Gasteiger partial charge in [0.15, 0.2) is 0 Å². The summed E-state index contributed by atoms with van der Waals surface area (Å²) in [5.41, 5.74) is 0.956. The molecule has 3 aliphatic carbocycles. The van der Waals surface area contributed by atoms with Crippen LogP contribution in [-0.4, -0.2) is 20.2 Å². The first-order valence-corrected chi connectivity index (χ1v) is 7.01. The van der Waals surface area contributed by atoms with Gasteiger partial charge in [0.1, 0.15) is 0 Å². The van der Waals surface area contributed by atoms with Gasteiger partial charge in [-0.1, -0.05) is 13.8 Å². The highest BCUT2D eigenvalue weighted by Gasteiger charge is 2.93. The number of hydrogen-bond donors (Lipinski definition) is 1. The Balaban J connectivity index is 1.89. The molecule has 0 radical (unpaired) electrons. The van der Waals surface area contributed by atoms with E-state index in [-0.39, 0.29) is 11.5 Å². The maximum absolute atomic E-state index is 11.6. The predicted octanol–water partition coefficient (Wildman–Crippen LogP) is 0.724. The van der Waals surface area contributed by atoms with E-state index in [2.05, 4.69) is 18.6 Å². The van der Waals surface area contributed by atoms with Gasteiger partial charge in [-0.3, -0.25) is 0 Å². The lowest BCUT2D eigenvalue weighted by molar-refractivity contribution is -0.0163. The monoisotopic (exact) mass is 213 g/mol. The first kappa shape index (κ1) is 8.11. The molecule has 0 aromatic carbocycles. The fourth-order valence-electron chi connectivity index (χ4n) is 5.44. The third kappa shape index (κ3) is 0.470. The SMILES string of the molecule is CC12C[C@@]34CS(=O)(=O)N[C@@H]3C[C@@H]1C24C. The lowest BCUT2D eigenvalue weighted by Gasteiger charge is -2.51. The van der Waals surface area contributed by atoms with E-state index in [1.165, 1.54) is 0 Å². The zero-order chi connectivity index (χ0) is 9.98. The number of rotatable bonds is 0. The summed E-state index contributed by atoms with van der Waals surface area (Å²) >= 11 is 0. The van der Waals surface area contributed by atoms with Crippen LogP contribution in [0.1, 0.15) is 26.7 Å². The highest BCUT2D eigenvalue weighted by atomic mass is 32.2. The molecule has 4 heteroatoms. The lowest BCUT2D eigenvalue weighted by atomic mass is 9.53. The van der Waals surface area contributed by atoms with Crippen LogP contribution in [0.3, 0.4) is 0 Å². The molecular formula is C10H15NO2S. The van der Waals surface area contributed by atoms with Crippen LogP contribution in [0.15, 0.2) is 0 Å². The molecular weight excluding hydrogens is 198 g/mol. The van der Waals surface area contributed by atoms with Crippen LogP contribution in [0.5, 0.6) is 0 Å². The standard InChI is InChI=1S/C10H15NO2S/c1-8-4-10-5-14(12,13)11-7(10)3-6(8)9(8,10)2/h6-7,11H,3-5H2,1-2H3/t6-,7+,8?,9?,10+/m0/s1. The van der Waals surface area contributed by atoms with Crippen molar-refractivity contribution < 1.29 is 8.42 Å². The van der Waals surface area contributed by atoms with E-state index in [9.17, 15) is 8.42 Å². The highest BCUT2D eigenvalue weighted by Crippen LogP contribution is 2.95. The van der Waals surface area contributed by atoms with Gasteiger partial charge in [-0.05, 0) is 29.6 Å². The Bertz CT molecular complexity index is 459. The summed E-state index contributed by atoms with van der Waals surface area (Å²) in [5, 5.41) is 0. The van der Waals surface area contributed by atoms with Crippen molar-refractivity contribution in [3.8, 4) is 0 Å². The summed E-state index contributed by atoms with van der Waals surface area (Å²) in [6.07, 6.45) is 2.23. The van der Waals surface area contributed by atoms with Gasteiger partial charge < -0.3 is 0 Å². The Hall–Kier alpha value is -0.0900. The van der Waals surface area contributed by atoms with E-state index in [1.807, 2.05) is 0 Å². The molecule has 78 valence electrons. The summed E-state index contributed by atoms with van der Waals surface area (Å²) in [6.45, 7) is 4.65. The van der Waals surface area contributed by atoms with Crippen molar-refractivity contribution in [2.45, 2.75) is 32.7 Å². The van der Waals surface area contributed by atoms with E-state index < -0.39 is 10.0 Å². The number of nitrogens with one attached hydrogen (secondary N) is 1. The van der Waals surface area contributed by atoms with Gasteiger partial charge in [-0.15, -0.1) is 0 Å². The van der Waals surface area contributed by atoms with Crippen LogP contribution >= 0.6 is 0 Å². The minimum Gasteiger partial charge on any atom is -0.212 e. The van der Waals surface area contributed by atoms with Crippen LogP contribution in [-0.2, 0) is 10.0 Å². The normalized spacial score (nSPS) is 71.0. The molecule has 3 saturated carbocycles. The third-order valence-corrected chi connectivity index (χ3v) is 7.73. The largest absolute Gasteiger partial charge is 0.212 e. The second-order valence-corrected chi connectivity index (χ2v) is 7.92. The molecule has 1 spiro atoms. The van der Waals surface area contributed by atoms with Gasteiger partial charge in [0, 0.05) is 11.5 Å². The molecule has 1 saturated heterocycles. The molecule has 0 aromatic heterocycles. The van der Waals surface area contributed by atoms with Crippen molar-refractivity contribution >= 4 is 10.0 Å². The van der Waals surface area contributed by atoms with Crippen molar-refractivity contribution in [3.63, 3.8) is 0 Å². The van der Waals surface area contributed by atoms with E-state index in [0.29, 0.717) is 16.6 Å². The van der Waals surface area contributed by atoms with Gasteiger partial charge in [0.05, 0.1) is 5.75 Å². The lowest BCUT2D eigenvalue weighted by Crippen LogP contribution is -2.53. The summed E-state index contributed by atoms with van der Waals surface area (Å²) in [6, 6.07) is 0.268. The smallest absolute Gasteiger partial charge is 0.212 e. The minimum atomic E-state index is -2.95. The quantitative estimate of drug-likeness (QED) is 0.644. The zero-order valence-corrected chi connectivity index (χ0v) is 9.32. The Morgan fingerprint density at radius 2 is 2.07 bits per heavy atom. The topological polar surface area (TPSA) is 46.2 Å². The summed E-state index contributed by atoms with van der Waals surface area (Å²) in [7, 11) is -2.95. The summed E-state index contributed by atoms with van der Waals surface area (Å²) < 4.78 is 26.0. The zero-order valence-electron chi connectivity index (χ0n) is 8.50. The van der Waals surface area contributed by atoms with E-state index in [0.717, 1.165) is 18.8 Å². The second kappa shape index (κ2) is 1.59. The van der Waals surface area contributed by atoms with Crippen LogP contribution in [0.25, 0.3) is 0 Å². The van der Waals surface area contributed by atoms with Crippen LogP contribution in [0.4, 0.5) is 0 Å². The Labute approximate surface area is 84.3 Å². The Kier molecular flexibility index (Phi) is 0.922. The van der Waals surface area contributed by atoms with Crippen molar-refractivity contribution in [2.24, 2.45) is 22.2 Å². The molecule has 2 unspecified atom stereocenters. The number of hydrogen-bond acceptors (Lipinski definition) is 2. The molecule has 1 heterocycles. The average Bonchev–Trinajstić information content (AvgIpc) is 2.36.